The number of rotatable bonds is 9. The van der Waals surface area contributed by atoms with Crippen molar-refractivity contribution in [1.29, 1.82) is 0 Å². The Labute approximate surface area is 204 Å². The van der Waals surface area contributed by atoms with Gasteiger partial charge in [-0.1, -0.05) is 23.4 Å². The van der Waals surface area contributed by atoms with Gasteiger partial charge in [0.15, 0.2) is 10.1 Å². The number of aromatic amines is 1. The third-order valence-corrected chi connectivity index (χ3v) is 7.37. The van der Waals surface area contributed by atoms with Gasteiger partial charge in [-0.05, 0) is 18.2 Å². The van der Waals surface area contributed by atoms with E-state index in [0.29, 0.717) is 22.9 Å². The van der Waals surface area contributed by atoms with E-state index in [1.807, 2.05) is 0 Å². The Kier molecular flexibility index (Phi) is 8.07. The molecule has 1 heterocycles. The highest BCUT2D eigenvalue weighted by Crippen LogP contribution is 2.29. The number of halogens is 1. The fourth-order valence-corrected chi connectivity index (χ4v) is 5.00. The molecule has 1 amide bonds. The maximum Gasteiger partial charge on any atom is 0.270 e. The molecule has 3 rings (SSSR count). The minimum absolute atomic E-state index is 0.0788. The number of aromatic nitrogens is 2. The van der Waals surface area contributed by atoms with Crippen molar-refractivity contribution in [3.05, 3.63) is 58.0 Å². The maximum atomic E-state index is 12.8. The van der Waals surface area contributed by atoms with Crippen LogP contribution in [0.15, 0.2) is 62.3 Å². The fraction of sp³-hybridized carbons (Fsp3) is 0.190. The van der Waals surface area contributed by atoms with E-state index in [4.69, 9.17) is 25.8 Å². The normalized spacial score (nSPS) is 11.1. The number of carbonyl (C=O) groups excluding carboxylic acids is 1. The van der Waals surface area contributed by atoms with Crippen molar-refractivity contribution in [3.63, 3.8) is 0 Å². The molecule has 13 heteroatoms. The van der Waals surface area contributed by atoms with Gasteiger partial charge in [0, 0.05) is 23.9 Å². The van der Waals surface area contributed by atoms with Gasteiger partial charge in [0.2, 0.25) is 15.7 Å². The van der Waals surface area contributed by atoms with Gasteiger partial charge in [-0.3, -0.25) is 9.59 Å². The van der Waals surface area contributed by atoms with Crippen molar-refractivity contribution < 1.29 is 27.4 Å². The Morgan fingerprint density at radius 3 is 2.32 bits per heavy atom. The van der Waals surface area contributed by atoms with Crippen LogP contribution in [0.25, 0.3) is 0 Å². The average molecular weight is 526 g/mol. The first-order chi connectivity index (χ1) is 16.2. The molecular weight excluding hydrogens is 506 g/mol. The van der Waals surface area contributed by atoms with Gasteiger partial charge in [-0.15, -0.1) is 0 Å². The van der Waals surface area contributed by atoms with Crippen molar-refractivity contribution in [2.75, 3.05) is 32.4 Å². The van der Waals surface area contributed by atoms with Gasteiger partial charge in [-0.2, -0.15) is 0 Å². The Morgan fingerprint density at radius 1 is 1.09 bits per heavy atom. The number of thioether (sulfide) groups is 1. The number of amides is 1. The summed E-state index contributed by atoms with van der Waals surface area (Å²) in [6.07, 6.45) is 0.944. The second-order valence-electron chi connectivity index (χ2n) is 6.62. The van der Waals surface area contributed by atoms with Crippen LogP contribution in [0.3, 0.4) is 0 Å². The van der Waals surface area contributed by atoms with Crippen molar-refractivity contribution in [3.8, 4) is 17.2 Å². The number of sulfone groups is 1. The van der Waals surface area contributed by atoms with Crippen LogP contribution in [0.1, 0.15) is 0 Å². The van der Waals surface area contributed by atoms with E-state index in [1.54, 1.807) is 18.2 Å². The Bertz CT molecular complexity index is 1350. The highest BCUT2D eigenvalue weighted by atomic mass is 35.5. The summed E-state index contributed by atoms with van der Waals surface area (Å²) in [7, 11) is 0.202. The fourth-order valence-electron chi connectivity index (χ4n) is 2.78. The van der Waals surface area contributed by atoms with Crippen LogP contribution in [0.4, 0.5) is 5.69 Å². The van der Waals surface area contributed by atoms with Gasteiger partial charge in [0.05, 0.1) is 43.2 Å². The minimum atomic E-state index is -4.18. The molecule has 3 aromatic rings. The first-order valence-electron chi connectivity index (χ1n) is 9.51. The number of ether oxygens (including phenoxy) is 3. The monoisotopic (exact) mass is 525 g/mol. The molecule has 2 N–H and O–H groups in total. The van der Waals surface area contributed by atoms with Crippen LogP contribution < -0.4 is 25.1 Å². The molecular formula is C21H20ClN3O7S2. The molecule has 0 atom stereocenters. The van der Waals surface area contributed by atoms with Crippen LogP contribution in [0, 0.1) is 0 Å². The summed E-state index contributed by atoms with van der Waals surface area (Å²) in [5.74, 6) is 0.826. The van der Waals surface area contributed by atoms with Crippen molar-refractivity contribution in [2.24, 2.45) is 0 Å². The molecule has 0 saturated heterocycles. The summed E-state index contributed by atoms with van der Waals surface area (Å²) in [6, 6.07) is 8.76. The van der Waals surface area contributed by atoms with Gasteiger partial charge < -0.3 is 24.5 Å². The quantitative estimate of drug-likeness (QED) is 0.319. The molecule has 34 heavy (non-hydrogen) atoms. The largest absolute Gasteiger partial charge is 0.497 e. The zero-order valence-corrected chi connectivity index (χ0v) is 20.6. The predicted molar refractivity (Wildman–Crippen MR) is 127 cm³/mol. The lowest BCUT2D eigenvalue weighted by atomic mass is 10.2. The number of benzene rings is 2. The molecule has 10 nitrogen and oxygen atoms in total. The number of anilines is 1. The van der Waals surface area contributed by atoms with E-state index >= 15 is 0 Å². The molecule has 1 aromatic heterocycles. The summed E-state index contributed by atoms with van der Waals surface area (Å²) in [6.45, 7) is 0. The highest BCUT2D eigenvalue weighted by Gasteiger charge is 2.23. The lowest BCUT2D eigenvalue weighted by Gasteiger charge is -2.10. The molecule has 0 fully saturated rings. The van der Waals surface area contributed by atoms with Crippen LogP contribution in [0.5, 0.6) is 17.2 Å². The second-order valence-corrected chi connectivity index (χ2v) is 9.91. The minimum Gasteiger partial charge on any atom is -0.497 e. The molecule has 0 aliphatic carbocycles. The third-order valence-electron chi connectivity index (χ3n) is 4.44. The summed E-state index contributed by atoms with van der Waals surface area (Å²) in [5.41, 5.74) is -0.412. The zero-order chi connectivity index (χ0) is 24.9. The van der Waals surface area contributed by atoms with E-state index in [1.165, 1.54) is 39.5 Å². The maximum absolute atomic E-state index is 12.8. The van der Waals surface area contributed by atoms with E-state index in [0.717, 1.165) is 18.0 Å². The zero-order valence-electron chi connectivity index (χ0n) is 18.2. The molecule has 0 radical (unpaired) electrons. The molecule has 0 aliphatic heterocycles. The Balaban J connectivity index is 1.71. The van der Waals surface area contributed by atoms with Gasteiger partial charge in [0.25, 0.3) is 5.56 Å². The summed E-state index contributed by atoms with van der Waals surface area (Å²) in [5, 5.41) is 2.85. The number of hydrogen-bond acceptors (Lipinski definition) is 9. The molecule has 2 aromatic carbocycles. The standard InChI is InChI=1S/C21H20ClN3O7S2/c1-30-13-6-12(7-14(8-13)31-2)24-19(26)11-33-21-23-10-18(20(27)25-21)34(28,29)15-4-5-17(32-3)16(22)9-15/h4-10H,11H2,1-3H3,(H,24,26)(H,23,25,27). The summed E-state index contributed by atoms with van der Waals surface area (Å²) in [4.78, 5) is 30.4. The molecule has 0 spiro atoms. The number of methoxy groups -OCH3 is 3. The summed E-state index contributed by atoms with van der Waals surface area (Å²) < 4.78 is 41.0. The van der Waals surface area contributed by atoms with Crippen molar-refractivity contribution >= 4 is 44.8 Å². The van der Waals surface area contributed by atoms with E-state index in [2.05, 4.69) is 15.3 Å². The lowest BCUT2D eigenvalue weighted by Crippen LogP contribution is -2.20. The smallest absolute Gasteiger partial charge is 0.270 e. The molecule has 0 aliphatic rings. The number of nitrogens with one attached hydrogen (secondary N) is 2. The van der Waals surface area contributed by atoms with Gasteiger partial charge in [0.1, 0.15) is 17.2 Å². The topological polar surface area (TPSA) is 137 Å². The van der Waals surface area contributed by atoms with Crippen LogP contribution in [-0.2, 0) is 14.6 Å². The van der Waals surface area contributed by atoms with E-state index in [9.17, 15) is 18.0 Å². The van der Waals surface area contributed by atoms with Crippen molar-refractivity contribution in [1.82, 2.24) is 9.97 Å². The first kappa shape index (κ1) is 25.4. The van der Waals surface area contributed by atoms with Crippen LogP contribution in [0.2, 0.25) is 5.02 Å². The average Bonchev–Trinajstić information content (AvgIpc) is 2.82. The SMILES string of the molecule is COc1cc(NC(=O)CSc2ncc(S(=O)(=O)c3ccc(OC)c(Cl)c3)c(=O)[nH]2)cc(OC)c1. The third kappa shape index (κ3) is 5.82. The first-order valence-corrected chi connectivity index (χ1v) is 12.4. The number of carbonyl (C=O) groups is 1. The second kappa shape index (κ2) is 10.8. The van der Waals surface area contributed by atoms with Crippen LogP contribution >= 0.6 is 23.4 Å². The lowest BCUT2D eigenvalue weighted by molar-refractivity contribution is -0.113. The molecule has 180 valence electrons. The number of nitrogens with zero attached hydrogens (tertiary/aromatic N) is 1. The molecule has 0 bridgehead atoms. The van der Waals surface area contributed by atoms with Gasteiger partial charge >= 0.3 is 0 Å². The predicted octanol–water partition coefficient (Wildman–Crippen LogP) is 3.01. The van der Waals surface area contributed by atoms with Gasteiger partial charge in [-0.25, -0.2) is 13.4 Å². The molecule has 0 unspecified atom stereocenters. The van der Waals surface area contributed by atoms with Crippen LogP contribution in [-0.4, -0.2) is 51.4 Å². The van der Waals surface area contributed by atoms with Crippen molar-refractivity contribution in [2.45, 2.75) is 14.9 Å². The van der Waals surface area contributed by atoms with E-state index in [-0.39, 0.29) is 26.7 Å². The Morgan fingerprint density at radius 2 is 1.76 bits per heavy atom. The number of H-pyrrole nitrogens is 1. The molecule has 0 saturated carbocycles. The van der Waals surface area contributed by atoms with E-state index < -0.39 is 20.3 Å². The summed E-state index contributed by atoms with van der Waals surface area (Å²) >= 11 is 6.94. The highest BCUT2D eigenvalue weighted by molar-refractivity contribution is 7.99. The Hall–Kier alpha value is -3.22. The number of hydrogen-bond donors (Lipinski definition) is 2.